The van der Waals surface area contributed by atoms with Gasteiger partial charge in [0.05, 0.1) is 19.8 Å². The van der Waals surface area contributed by atoms with Crippen LogP contribution in [-0.2, 0) is 6.54 Å². The lowest BCUT2D eigenvalue weighted by Gasteiger charge is -2.20. The first-order valence-electron chi connectivity index (χ1n) is 5.31. The molecule has 0 fully saturated rings. The molecule has 0 aliphatic carbocycles. The van der Waals surface area contributed by atoms with Gasteiger partial charge >= 0.3 is 6.09 Å². The van der Waals surface area contributed by atoms with Crippen molar-refractivity contribution in [1.82, 2.24) is 4.90 Å². The Morgan fingerprint density at radius 3 is 2.41 bits per heavy atom. The molecule has 1 aromatic carbocycles. The molecule has 1 amide bonds. The Hall–Kier alpha value is -1.75. The predicted octanol–water partition coefficient (Wildman–Crippen LogP) is 1.56. The smallest absolute Gasteiger partial charge is 0.407 e. The van der Waals surface area contributed by atoms with Crippen molar-refractivity contribution < 1.29 is 19.7 Å². The highest BCUT2D eigenvalue weighted by atomic mass is 16.5. The molecule has 17 heavy (non-hydrogen) atoms. The molecule has 5 heteroatoms. The minimum absolute atomic E-state index is 0.0986. The van der Waals surface area contributed by atoms with Crippen LogP contribution in [-0.4, -0.2) is 41.0 Å². The van der Waals surface area contributed by atoms with E-state index in [9.17, 15) is 9.90 Å². The van der Waals surface area contributed by atoms with Crippen LogP contribution >= 0.6 is 0 Å². The number of amides is 1. The van der Waals surface area contributed by atoms with Gasteiger partial charge in [-0.3, -0.25) is 0 Å². The Kier molecular flexibility index (Phi) is 4.78. The minimum atomic E-state index is -1.04. The van der Waals surface area contributed by atoms with Crippen LogP contribution < -0.4 is 4.74 Å². The lowest BCUT2D eigenvalue weighted by molar-refractivity contribution is 0.101. The van der Waals surface area contributed by atoms with Crippen molar-refractivity contribution in [1.29, 1.82) is 0 Å². The van der Waals surface area contributed by atoms with Crippen LogP contribution in [0.4, 0.5) is 4.79 Å². The number of nitrogens with zero attached hydrogens (tertiary/aromatic N) is 1. The second-order valence-electron chi connectivity index (χ2n) is 3.86. The second-order valence-corrected chi connectivity index (χ2v) is 3.86. The first-order chi connectivity index (χ1) is 8.02. The lowest BCUT2D eigenvalue weighted by atomic mass is 10.2. The Labute approximate surface area is 100 Å². The van der Waals surface area contributed by atoms with Gasteiger partial charge in [0, 0.05) is 6.54 Å². The molecule has 0 heterocycles. The zero-order valence-electron chi connectivity index (χ0n) is 9.96. The first kappa shape index (κ1) is 13.3. The lowest BCUT2D eigenvalue weighted by Crippen LogP contribution is -2.34. The van der Waals surface area contributed by atoms with E-state index in [4.69, 9.17) is 9.84 Å². The normalized spacial score (nSPS) is 11.9. The number of ether oxygens (including phenoxy) is 1. The average molecular weight is 239 g/mol. The molecular formula is C12H17NO4. The fourth-order valence-corrected chi connectivity index (χ4v) is 1.48. The van der Waals surface area contributed by atoms with Gasteiger partial charge in [0.15, 0.2) is 0 Å². The van der Waals surface area contributed by atoms with E-state index in [0.29, 0.717) is 0 Å². The molecule has 2 N–H and O–H groups in total. The number of benzene rings is 1. The number of hydrogen-bond acceptors (Lipinski definition) is 3. The van der Waals surface area contributed by atoms with Gasteiger partial charge < -0.3 is 19.8 Å². The van der Waals surface area contributed by atoms with Crippen LogP contribution in [0.5, 0.6) is 5.75 Å². The minimum Gasteiger partial charge on any atom is -0.497 e. The van der Waals surface area contributed by atoms with Gasteiger partial charge in [-0.15, -0.1) is 0 Å². The van der Waals surface area contributed by atoms with E-state index in [1.54, 1.807) is 38.3 Å². The van der Waals surface area contributed by atoms with E-state index in [1.165, 1.54) is 4.90 Å². The molecule has 0 aliphatic heterocycles. The van der Waals surface area contributed by atoms with E-state index in [0.717, 1.165) is 11.3 Å². The predicted molar refractivity (Wildman–Crippen MR) is 63.1 cm³/mol. The maximum absolute atomic E-state index is 11.0. The standard InChI is InChI=1S/C12H17NO4/c1-9(14)7-13(12(15)16)8-10-3-5-11(17-2)6-4-10/h3-6,9,14H,7-8H2,1-2H3,(H,15,16). The molecule has 1 atom stereocenters. The van der Waals surface area contributed by atoms with Crippen LogP contribution in [0.3, 0.4) is 0 Å². The highest BCUT2D eigenvalue weighted by molar-refractivity contribution is 5.65. The molecule has 0 bridgehead atoms. The van der Waals surface area contributed by atoms with Crippen LogP contribution in [0.25, 0.3) is 0 Å². The summed E-state index contributed by atoms with van der Waals surface area (Å²) in [5, 5.41) is 18.2. The molecule has 1 aromatic rings. The van der Waals surface area contributed by atoms with Gasteiger partial charge in [0.1, 0.15) is 5.75 Å². The van der Waals surface area contributed by atoms with Crippen LogP contribution in [0.15, 0.2) is 24.3 Å². The van der Waals surface area contributed by atoms with Crippen molar-refractivity contribution in [2.24, 2.45) is 0 Å². The van der Waals surface area contributed by atoms with E-state index >= 15 is 0 Å². The Bertz CT molecular complexity index is 361. The zero-order valence-corrected chi connectivity index (χ0v) is 9.96. The monoisotopic (exact) mass is 239 g/mol. The van der Waals surface area contributed by atoms with Gasteiger partial charge in [0.25, 0.3) is 0 Å². The summed E-state index contributed by atoms with van der Waals surface area (Å²) in [6.07, 6.45) is -1.72. The maximum Gasteiger partial charge on any atom is 0.407 e. The SMILES string of the molecule is COc1ccc(CN(CC(C)O)C(=O)O)cc1. The largest absolute Gasteiger partial charge is 0.497 e. The third-order valence-corrected chi connectivity index (χ3v) is 2.29. The topological polar surface area (TPSA) is 70.0 Å². The van der Waals surface area contributed by atoms with Crippen molar-refractivity contribution in [2.45, 2.75) is 19.6 Å². The van der Waals surface area contributed by atoms with E-state index in [2.05, 4.69) is 0 Å². The van der Waals surface area contributed by atoms with Crippen molar-refractivity contribution in [3.63, 3.8) is 0 Å². The molecule has 5 nitrogen and oxygen atoms in total. The van der Waals surface area contributed by atoms with Crippen molar-refractivity contribution in [3.8, 4) is 5.75 Å². The second kappa shape index (κ2) is 6.10. The number of aliphatic hydroxyl groups excluding tert-OH is 1. The molecule has 0 aliphatic rings. The summed E-state index contributed by atoms with van der Waals surface area (Å²) < 4.78 is 5.02. The Morgan fingerprint density at radius 1 is 1.41 bits per heavy atom. The van der Waals surface area contributed by atoms with Gasteiger partial charge in [0.2, 0.25) is 0 Å². The number of carboxylic acid groups (broad SMARTS) is 1. The van der Waals surface area contributed by atoms with Crippen molar-refractivity contribution in [2.75, 3.05) is 13.7 Å². The average Bonchev–Trinajstić information content (AvgIpc) is 2.28. The molecular weight excluding hydrogens is 222 g/mol. The summed E-state index contributed by atoms with van der Waals surface area (Å²) in [5.41, 5.74) is 0.855. The van der Waals surface area contributed by atoms with Crippen LogP contribution in [0, 0.1) is 0 Å². The molecule has 0 spiro atoms. The summed E-state index contributed by atoms with van der Waals surface area (Å²) in [4.78, 5) is 12.1. The summed E-state index contributed by atoms with van der Waals surface area (Å²) in [6, 6.07) is 7.16. The highest BCUT2D eigenvalue weighted by Gasteiger charge is 2.14. The van der Waals surface area contributed by atoms with Crippen molar-refractivity contribution in [3.05, 3.63) is 29.8 Å². The molecule has 0 aromatic heterocycles. The summed E-state index contributed by atoms with van der Waals surface area (Å²) >= 11 is 0. The number of carbonyl (C=O) groups is 1. The fraction of sp³-hybridized carbons (Fsp3) is 0.417. The van der Waals surface area contributed by atoms with E-state index < -0.39 is 12.2 Å². The molecule has 0 saturated heterocycles. The van der Waals surface area contributed by atoms with Gasteiger partial charge in [-0.2, -0.15) is 0 Å². The molecule has 0 radical (unpaired) electrons. The first-order valence-corrected chi connectivity index (χ1v) is 5.31. The fourth-order valence-electron chi connectivity index (χ4n) is 1.48. The Balaban J connectivity index is 2.68. The number of rotatable bonds is 5. The van der Waals surface area contributed by atoms with Crippen LogP contribution in [0.1, 0.15) is 12.5 Å². The summed E-state index contributed by atoms with van der Waals surface area (Å²) in [7, 11) is 1.58. The third-order valence-electron chi connectivity index (χ3n) is 2.29. The van der Waals surface area contributed by atoms with Crippen molar-refractivity contribution >= 4 is 6.09 Å². The molecule has 94 valence electrons. The number of methoxy groups -OCH3 is 1. The number of hydrogen-bond donors (Lipinski definition) is 2. The van der Waals surface area contributed by atoms with Gasteiger partial charge in [-0.1, -0.05) is 12.1 Å². The molecule has 0 saturated carbocycles. The van der Waals surface area contributed by atoms with Gasteiger partial charge in [-0.25, -0.2) is 4.79 Å². The highest BCUT2D eigenvalue weighted by Crippen LogP contribution is 2.13. The summed E-state index contributed by atoms with van der Waals surface area (Å²) in [5.74, 6) is 0.728. The quantitative estimate of drug-likeness (QED) is 0.818. The zero-order chi connectivity index (χ0) is 12.8. The third kappa shape index (κ3) is 4.32. The van der Waals surface area contributed by atoms with E-state index in [1.807, 2.05) is 0 Å². The molecule has 1 rings (SSSR count). The van der Waals surface area contributed by atoms with Crippen LogP contribution in [0.2, 0.25) is 0 Å². The summed E-state index contributed by atoms with van der Waals surface area (Å²) in [6.45, 7) is 1.91. The number of aliphatic hydroxyl groups is 1. The molecule has 1 unspecified atom stereocenters. The maximum atomic E-state index is 11.0. The Morgan fingerprint density at radius 2 is 2.00 bits per heavy atom. The van der Waals surface area contributed by atoms with E-state index in [-0.39, 0.29) is 13.1 Å². The van der Waals surface area contributed by atoms with Gasteiger partial charge in [-0.05, 0) is 24.6 Å².